The number of ether oxygens (including phenoxy) is 2. The predicted octanol–water partition coefficient (Wildman–Crippen LogP) is 2.52. The van der Waals surface area contributed by atoms with Crippen molar-refractivity contribution in [2.24, 2.45) is 0 Å². The molecule has 0 saturated carbocycles. The van der Waals surface area contributed by atoms with Crippen molar-refractivity contribution in [1.29, 1.82) is 0 Å². The van der Waals surface area contributed by atoms with Crippen LogP contribution in [0.2, 0.25) is 0 Å². The van der Waals surface area contributed by atoms with Crippen LogP contribution in [0.4, 0.5) is 0 Å². The van der Waals surface area contributed by atoms with E-state index < -0.39 is 0 Å². The summed E-state index contributed by atoms with van der Waals surface area (Å²) in [4.78, 5) is 0. The van der Waals surface area contributed by atoms with E-state index in [0.29, 0.717) is 6.04 Å². The van der Waals surface area contributed by atoms with Crippen LogP contribution in [-0.2, 0) is 0 Å². The fourth-order valence-electron chi connectivity index (χ4n) is 2.10. The van der Waals surface area contributed by atoms with Crippen LogP contribution in [0.25, 0.3) is 0 Å². The smallest absolute Gasteiger partial charge is 0.128 e. The minimum Gasteiger partial charge on any atom is -0.497 e. The Balaban J connectivity index is 2.20. The Morgan fingerprint density at radius 3 is 2.94 bits per heavy atom. The highest BCUT2D eigenvalue weighted by Gasteiger charge is 2.30. The van der Waals surface area contributed by atoms with Crippen LogP contribution < -0.4 is 14.8 Å². The summed E-state index contributed by atoms with van der Waals surface area (Å²) in [5.41, 5.74) is 1.24. The van der Waals surface area contributed by atoms with Gasteiger partial charge in [0.1, 0.15) is 17.6 Å². The monoisotopic (exact) mass is 221 g/mol. The number of hydrogen-bond acceptors (Lipinski definition) is 3. The summed E-state index contributed by atoms with van der Waals surface area (Å²) in [6.07, 6.45) is 1.32. The van der Waals surface area contributed by atoms with Crippen molar-refractivity contribution >= 4 is 0 Å². The van der Waals surface area contributed by atoms with Crippen LogP contribution in [0.1, 0.15) is 31.9 Å². The van der Waals surface area contributed by atoms with Gasteiger partial charge in [-0.15, -0.1) is 0 Å². The molecule has 0 aliphatic carbocycles. The Morgan fingerprint density at radius 2 is 2.25 bits per heavy atom. The maximum atomic E-state index is 5.82. The van der Waals surface area contributed by atoms with Gasteiger partial charge >= 0.3 is 0 Å². The van der Waals surface area contributed by atoms with Crippen LogP contribution in [0.15, 0.2) is 18.2 Å². The van der Waals surface area contributed by atoms with Crippen molar-refractivity contribution in [2.75, 3.05) is 13.7 Å². The number of benzene rings is 1. The van der Waals surface area contributed by atoms with Crippen molar-refractivity contribution in [3.05, 3.63) is 23.8 Å². The van der Waals surface area contributed by atoms with Crippen LogP contribution in [-0.4, -0.2) is 19.8 Å². The molecule has 2 atom stereocenters. The van der Waals surface area contributed by atoms with Crippen molar-refractivity contribution in [3.63, 3.8) is 0 Å². The quantitative estimate of drug-likeness (QED) is 0.847. The van der Waals surface area contributed by atoms with Gasteiger partial charge in [-0.25, -0.2) is 0 Å². The highest BCUT2D eigenvalue weighted by Crippen LogP contribution is 2.38. The summed E-state index contributed by atoms with van der Waals surface area (Å²) >= 11 is 0. The molecule has 0 spiro atoms. The minimum atomic E-state index is 0.189. The molecule has 88 valence electrons. The average Bonchev–Trinajstić information content (AvgIpc) is 2.61. The number of fused-ring (bicyclic) bond motifs is 1. The number of methoxy groups -OCH3 is 1. The number of rotatable bonds is 4. The third-order valence-corrected chi connectivity index (χ3v) is 2.95. The van der Waals surface area contributed by atoms with E-state index in [9.17, 15) is 0 Å². The Morgan fingerprint density at radius 1 is 1.44 bits per heavy atom. The SMILES string of the molecule is CCCNC1c2ccc(OC)cc2OC1C. The molecule has 0 aromatic heterocycles. The molecule has 0 fully saturated rings. The summed E-state index contributed by atoms with van der Waals surface area (Å²) < 4.78 is 11.0. The molecule has 0 amide bonds. The van der Waals surface area contributed by atoms with E-state index in [0.717, 1.165) is 24.5 Å². The van der Waals surface area contributed by atoms with E-state index in [1.54, 1.807) is 7.11 Å². The second kappa shape index (κ2) is 4.74. The van der Waals surface area contributed by atoms with Crippen LogP contribution in [0, 0.1) is 0 Å². The van der Waals surface area contributed by atoms with Gasteiger partial charge in [-0.1, -0.05) is 6.92 Å². The summed E-state index contributed by atoms with van der Waals surface area (Å²) in [6, 6.07) is 6.34. The molecule has 1 aromatic rings. The lowest BCUT2D eigenvalue weighted by Gasteiger charge is -2.15. The first kappa shape index (κ1) is 11.3. The highest BCUT2D eigenvalue weighted by molar-refractivity contribution is 5.45. The van der Waals surface area contributed by atoms with E-state index in [2.05, 4.69) is 25.2 Å². The fraction of sp³-hybridized carbons (Fsp3) is 0.538. The highest BCUT2D eigenvalue weighted by atomic mass is 16.5. The van der Waals surface area contributed by atoms with E-state index in [-0.39, 0.29) is 6.10 Å². The van der Waals surface area contributed by atoms with Gasteiger partial charge < -0.3 is 14.8 Å². The Bertz CT molecular complexity index is 365. The minimum absolute atomic E-state index is 0.189. The molecule has 1 N–H and O–H groups in total. The second-order valence-corrected chi connectivity index (χ2v) is 4.16. The molecule has 16 heavy (non-hydrogen) atoms. The summed E-state index contributed by atoms with van der Waals surface area (Å²) in [5, 5.41) is 3.51. The van der Waals surface area contributed by atoms with Crippen molar-refractivity contribution in [1.82, 2.24) is 5.32 Å². The second-order valence-electron chi connectivity index (χ2n) is 4.16. The van der Waals surface area contributed by atoms with Gasteiger partial charge in [-0.2, -0.15) is 0 Å². The standard InChI is InChI=1S/C13H19NO2/c1-4-7-14-13-9(2)16-12-8-10(15-3)5-6-11(12)13/h5-6,8-9,13-14H,4,7H2,1-3H3. The largest absolute Gasteiger partial charge is 0.497 e. The van der Waals surface area contributed by atoms with Gasteiger partial charge in [-0.05, 0) is 32.0 Å². The van der Waals surface area contributed by atoms with Gasteiger partial charge in [0.15, 0.2) is 0 Å². The summed E-state index contributed by atoms with van der Waals surface area (Å²) in [7, 11) is 1.67. The topological polar surface area (TPSA) is 30.5 Å². The van der Waals surface area contributed by atoms with E-state index in [1.807, 2.05) is 12.1 Å². The number of hydrogen-bond donors (Lipinski definition) is 1. The molecule has 0 saturated heterocycles. The maximum absolute atomic E-state index is 5.82. The van der Waals surface area contributed by atoms with E-state index in [4.69, 9.17) is 9.47 Å². The van der Waals surface area contributed by atoms with Gasteiger partial charge in [0.05, 0.1) is 13.2 Å². The lowest BCUT2D eigenvalue weighted by molar-refractivity contribution is 0.209. The molecular formula is C13H19NO2. The molecule has 1 heterocycles. The molecule has 0 bridgehead atoms. The van der Waals surface area contributed by atoms with Crippen LogP contribution >= 0.6 is 0 Å². The average molecular weight is 221 g/mol. The molecule has 2 unspecified atom stereocenters. The van der Waals surface area contributed by atoms with Crippen molar-refractivity contribution in [2.45, 2.75) is 32.4 Å². The zero-order chi connectivity index (χ0) is 11.5. The van der Waals surface area contributed by atoms with Gasteiger partial charge in [0.2, 0.25) is 0 Å². The van der Waals surface area contributed by atoms with E-state index in [1.165, 1.54) is 5.56 Å². The van der Waals surface area contributed by atoms with Crippen molar-refractivity contribution < 1.29 is 9.47 Å². The van der Waals surface area contributed by atoms with Crippen molar-refractivity contribution in [3.8, 4) is 11.5 Å². The Hall–Kier alpha value is -1.22. The zero-order valence-electron chi connectivity index (χ0n) is 10.1. The zero-order valence-corrected chi connectivity index (χ0v) is 10.1. The first-order valence-corrected chi connectivity index (χ1v) is 5.84. The third-order valence-electron chi connectivity index (χ3n) is 2.95. The summed E-state index contributed by atoms with van der Waals surface area (Å²) in [6.45, 7) is 5.28. The van der Waals surface area contributed by atoms with Gasteiger partial charge in [-0.3, -0.25) is 0 Å². The Kier molecular flexibility index (Phi) is 3.34. The third kappa shape index (κ3) is 2.00. The molecule has 3 heteroatoms. The summed E-state index contributed by atoms with van der Waals surface area (Å²) in [5.74, 6) is 1.79. The first-order chi connectivity index (χ1) is 7.76. The molecular weight excluding hydrogens is 202 g/mol. The van der Waals surface area contributed by atoms with Gasteiger partial charge in [0.25, 0.3) is 0 Å². The Labute approximate surface area is 96.8 Å². The van der Waals surface area contributed by atoms with Crippen LogP contribution in [0.5, 0.6) is 11.5 Å². The molecule has 3 nitrogen and oxygen atoms in total. The molecule has 2 rings (SSSR count). The van der Waals surface area contributed by atoms with E-state index >= 15 is 0 Å². The van der Waals surface area contributed by atoms with Crippen LogP contribution in [0.3, 0.4) is 0 Å². The normalized spacial score (nSPS) is 22.7. The van der Waals surface area contributed by atoms with Gasteiger partial charge in [0, 0.05) is 11.6 Å². The lowest BCUT2D eigenvalue weighted by atomic mass is 10.0. The fourth-order valence-corrected chi connectivity index (χ4v) is 2.10. The maximum Gasteiger partial charge on any atom is 0.128 e. The number of nitrogens with one attached hydrogen (secondary N) is 1. The molecule has 1 aliphatic heterocycles. The first-order valence-electron chi connectivity index (χ1n) is 5.84. The molecule has 1 aromatic carbocycles. The molecule has 1 aliphatic rings. The molecule has 0 radical (unpaired) electrons. The predicted molar refractivity (Wildman–Crippen MR) is 64.1 cm³/mol. The lowest BCUT2D eigenvalue weighted by Crippen LogP contribution is -2.29.